The van der Waals surface area contributed by atoms with Crippen LogP contribution >= 0.6 is 0 Å². The van der Waals surface area contributed by atoms with Gasteiger partial charge in [0.25, 0.3) is 0 Å². The lowest BCUT2D eigenvalue weighted by Crippen LogP contribution is -2.34. The van der Waals surface area contributed by atoms with Gasteiger partial charge < -0.3 is 15.6 Å². The van der Waals surface area contributed by atoms with E-state index in [-0.39, 0.29) is 11.7 Å². The second-order valence-electron chi connectivity index (χ2n) is 5.37. The van der Waals surface area contributed by atoms with Crippen molar-refractivity contribution in [3.8, 4) is 5.75 Å². The Kier molecular flexibility index (Phi) is 5.31. The van der Waals surface area contributed by atoms with Gasteiger partial charge in [0.05, 0.1) is 12.1 Å². The maximum atomic E-state index is 12.2. The third kappa shape index (κ3) is 3.90. The van der Waals surface area contributed by atoms with Crippen molar-refractivity contribution in [1.29, 1.82) is 0 Å². The molecule has 5 heteroatoms. The van der Waals surface area contributed by atoms with Crippen LogP contribution in [0.15, 0.2) is 24.3 Å². The Morgan fingerprint density at radius 2 is 1.90 bits per heavy atom. The van der Waals surface area contributed by atoms with E-state index >= 15 is 0 Å². The van der Waals surface area contributed by atoms with Crippen molar-refractivity contribution < 1.29 is 18.6 Å². The van der Waals surface area contributed by atoms with E-state index < -0.39 is 18.8 Å². The summed E-state index contributed by atoms with van der Waals surface area (Å²) in [5.41, 5.74) is 6.70. The van der Waals surface area contributed by atoms with E-state index in [0.717, 1.165) is 25.7 Å². The molecule has 20 heavy (non-hydrogen) atoms. The lowest BCUT2D eigenvalue weighted by atomic mass is 9.81. The number of ether oxygens (including phenoxy) is 1. The number of aliphatic hydroxyl groups excluding tert-OH is 1. The summed E-state index contributed by atoms with van der Waals surface area (Å²) < 4.78 is 28.8. The standard InChI is InChI=1S/C15H21F2NO2/c16-15(17)20-12-8-4-7-11(9-12)13(18)14(19)10-5-2-1-3-6-10/h4,7-10,13-15,19H,1-3,5-6,18H2/t13-,14+/m0/s1. The molecular formula is C15H21F2NO2. The van der Waals surface area contributed by atoms with E-state index in [0.29, 0.717) is 5.56 Å². The van der Waals surface area contributed by atoms with Crippen molar-refractivity contribution in [2.24, 2.45) is 11.7 Å². The molecule has 0 saturated heterocycles. The second-order valence-corrected chi connectivity index (χ2v) is 5.37. The first-order valence-corrected chi connectivity index (χ1v) is 7.06. The van der Waals surface area contributed by atoms with Crippen LogP contribution in [0.25, 0.3) is 0 Å². The van der Waals surface area contributed by atoms with Crippen LogP contribution in [0.3, 0.4) is 0 Å². The van der Waals surface area contributed by atoms with Gasteiger partial charge in [-0.1, -0.05) is 31.4 Å². The number of halogens is 2. The van der Waals surface area contributed by atoms with E-state index in [9.17, 15) is 13.9 Å². The van der Waals surface area contributed by atoms with Crippen LogP contribution in [-0.4, -0.2) is 17.8 Å². The number of alkyl halides is 2. The van der Waals surface area contributed by atoms with Gasteiger partial charge in [0.1, 0.15) is 5.75 Å². The number of benzene rings is 1. The summed E-state index contributed by atoms with van der Waals surface area (Å²) >= 11 is 0. The van der Waals surface area contributed by atoms with E-state index in [1.165, 1.54) is 18.6 Å². The zero-order valence-electron chi connectivity index (χ0n) is 11.3. The van der Waals surface area contributed by atoms with Gasteiger partial charge in [-0.15, -0.1) is 0 Å². The molecule has 0 bridgehead atoms. The molecular weight excluding hydrogens is 264 g/mol. The summed E-state index contributed by atoms with van der Waals surface area (Å²) in [6.07, 6.45) is 4.74. The van der Waals surface area contributed by atoms with E-state index in [2.05, 4.69) is 4.74 Å². The minimum Gasteiger partial charge on any atom is -0.435 e. The first-order chi connectivity index (χ1) is 9.58. The Labute approximate surface area is 117 Å². The molecule has 0 aliphatic heterocycles. The minimum absolute atomic E-state index is 0.0730. The molecule has 1 aliphatic rings. The van der Waals surface area contributed by atoms with Crippen LogP contribution in [0, 0.1) is 5.92 Å². The predicted molar refractivity (Wildman–Crippen MR) is 72.6 cm³/mol. The van der Waals surface area contributed by atoms with Crippen molar-refractivity contribution in [3.05, 3.63) is 29.8 Å². The van der Waals surface area contributed by atoms with Gasteiger partial charge in [-0.3, -0.25) is 0 Å². The Morgan fingerprint density at radius 3 is 2.55 bits per heavy atom. The van der Waals surface area contributed by atoms with Gasteiger partial charge in [-0.25, -0.2) is 0 Å². The lowest BCUT2D eigenvalue weighted by molar-refractivity contribution is -0.0499. The fraction of sp³-hybridized carbons (Fsp3) is 0.600. The Bertz CT molecular complexity index is 422. The topological polar surface area (TPSA) is 55.5 Å². The first-order valence-electron chi connectivity index (χ1n) is 7.06. The van der Waals surface area contributed by atoms with Crippen LogP contribution in [0.5, 0.6) is 5.75 Å². The molecule has 2 atom stereocenters. The van der Waals surface area contributed by atoms with Gasteiger partial charge in [0.15, 0.2) is 0 Å². The van der Waals surface area contributed by atoms with Crippen LogP contribution in [-0.2, 0) is 0 Å². The van der Waals surface area contributed by atoms with E-state index in [1.807, 2.05) is 0 Å². The molecule has 1 aromatic rings. The monoisotopic (exact) mass is 285 g/mol. The normalized spacial score (nSPS) is 19.9. The van der Waals surface area contributed by atoms with Gasteiger partial charge >= 0.3 is 6.61 Å². The summed E-state index contributed by atoms with van der Waals surface area (Å²) in [6.45, 7) is -2.86. The van der Waals surface area contributed by atoms with E-state index in [1.54, 1.807) is 12.1 Å². The zero-order valence-corrected chi connectivity index (χ0v) is 11.3. The third-order valence-corrected chi connectivity index (χ3v) is 3.97. The minimum atomic E-state index is -2.86. The highest BCUT2D eigenvalue weighted by molar-refractivity contribution is 5.31. The lowest BCUT2D eigenvalue weighted by Gasteiger charge is -2.30. The van der Waals surface area contributed by atoms with Gasteiger partial charge in [0, 0.05) is 0 Å². The first kappa shape index (κ1) is 15.2. The molecule has 1 aliphatic carbocycles. The molecule has 1 saturated carbocycles. The molecule has 0 spiro atoms. The van der Waals surface area contributed by atoms with Gasteiger partial charge in [0.2, 0.25) is 0 Å². The SMILES string of the molecule is N[C@@H](c1cccc(OC(F)F)c1)[C@H](O)C1CCCCC1. The van der Waals surface area contributed by atoms with Crippen LogP contribution in [0.2, 0.25) is 0 Å². The number of hydrogen-bond donors (Lipinski definition) is 2. The fourth-order valence-electron chi connectivity index (χ4n) is 2.86. The summed E-state index contributed by atoms with van der Waals surface area (Å²) in [6, 6.07) is 5.70. The smallest absolute Gasteiger partial charge is 0.387 e. The maximum absolute atomic E-state index is 12.2. The average Bonchev–Trinajstić information content (AvgIpc) is 2.46. The fourth-order valence-corrected chi connectivity index (χ4v) is 2.86. The molecule has 0 unspecified atom stereocenters. The van der Waals surface area contributed by atoms with Crippen LogP contribution in [0.1, 0.15) is 43.7 Å². The number of hydrogen-bond acceptors (Lipinski definition) is 3. The summed E-state index contributed by atoms with van der Waals surface area (Å²) in [5, 5.41) is 10.4. The molecule has 2 rings (SSSR count). The quantitative estimate of drug-likeness (QED) is 0.873. The highest BCUT2D eigenvalue weighted by atomic mass is 19.3. The molecule has 0 radical (unpaired) electrons. The van der Waals surface area contributed by atoms with Crippen molar-refractivity contribution >= 4 is 0 Å². The second kappa shape index (κ2) is 6.99. The summed E-state index contributed by atoms with van der Waals surface area (Å²) in [5.74, 6) is 0.266. The molecule has 0 aromatic heterocycles. The molecule has 3 N–H and O–H groups in total. The summed E-state index contributed by atoms with van der Waals surface area (Å²) in [7, 11) is 0. The van der Waals surface area contributed by atoms with Crippen molar-refractivity contribution in [2.75, 3.05) is 0 Å². The van der Waals surface area contributed by atoms with Crippen molar-refractivity contribution in [3.63, 3.8) is 0 Å². The van der Waals surface area contributed by atoms with Crippen LogP contribution in [0.4, 0.5) is 8.78 Å². The predicted octanol–water partition coefficient (Wildman–Crippen LogP) is 3.23. The third-order valence-electron chi connectivity index (χ3n) is 3.97. The largest absolute Gasteiger partial charge is 0.435 e. The molecule has 1 aromatic carbocycles. The van der Waals surface area contributed by atoms with E-state index in [4.69, 9.17) is 5.73 Å². The molecule has 3 nitrogen and oxygen atoms in total. The van der Waals surface area contributed by atoms with Gasteiger partial charge in [-0.2, -0.15) is 8.78 Å². The zero-order chi connectivity index (χ0) is 14.5. The molecule has 112 valence electrons. The Balaban J connectivity index is 2.05. The Morgan fingerprint density at radius 1 is 1.20 bits per heavy atom. The highest BCUT2D eigenvalue weighted by Crippen LogP contribution is 2.32. The highest BCUT2D eigenvalue weighted by Gasteiger charge is 2.27. The number of nitrogens with two attached hydrogens (primary N) is 1. The maximum Gasteiger partial charge on any atom is 0.387 e. The number of rotatable bonds is 5. The van der Waals surface area contributed by atoms with Gasteiger partial charge in [-0.05, 0) is 36.5 Å². The van der Waals surface area contributed by atoms with Crippen LogP contribution < -0.4 is 10.5 Å². The molecule has 0 heterocycles. The average molecular weight is 285 g/mol. The van der Waals surface area contributed by atoms with Crippen molar-refractivity contribution in [2.45, 2.75) is 50.9 Å². The molecule has 0 amide bonds. The number of aliphatic hydroxyl groups is 1. The Hall–Kier alpha value is -1.20. The summed E-state index contributed by atoms with van der Waals surface area (Å²) in [4.78, 5) is 0. The molecule has 1 fully saturated rings. The van der Waals surface area contributed by atoms with Crippen molar-refractivity contribution in [1.82, 2.24) is 0 Å².